The number of nitrogens with two attached hydrogens (primary N) is 1. The lowest BCUT2D eigenvalue weighted by Gasteiger charge is -2.42. The van der Waals surface area contributed by atoms with Gasteiger partial charge >= 0.3 is 0 Å². The Hall–Kier alpha value is -6.84. The van der Waals surface area contributed by atoms with E-state index in [2.05, 4.69) is 26.6 Å². The minimum absolute atomic E-state index is 0.00891. The number of carbonyl (C=O) groups excluding carboxylic acids is 6. The highest BCUT2D eigenvalue weighted by Gasteiger charge is 2.44. The number of ether oxygens (including phenoxy) is 1. The van der Waals surface area contributed by atoms with Gasteiger partial charge in [-0.05, 0) is 71.2 Å². The van der Waals surface area contributed by atoms with Crippen LogP contribution in [0.2, 0.25) is 0 Å². The fourth-order valence-electron chi connectivity index (χ4n) is 8.09. The lowest BCUT2D eigenvalue weighted by Crippen LogP contribution is -2.58. The summed E-state index contributed by atoms with van der Waals surface area (Å²) in [4.78, 5) is 84.3. The number of hydrogen-bond donors (Lipinski definition) is 7. The molecule has 0 aromatic heterocycles. The molecule has 3 atom stereocenters. The Morgan fingerprint density at radius 2 is 1.59 bits per heavy atom. The molecule has 2 bridgehead atoms. The molecule has 6 amide bonds. The van der Waals surface area contributed by atoms with Crippen LogP contribution in [0.3, 0.4) is 0 Å². The first-order valence-corrected chi connectivity index (χ1v) is 21.7. The molecule has 0 radical (unpaired) electrons. The summed E-state index contributed by atoms with van der Waals surface area (Å²) in [5.41, 5.74) is 8.97. The molecule has 4 aromatic rings. The summed E-state index contributed by atoms with van der Waals surface area (Å²) in [6.45, 7) is 1.52. The van der Waals surface area contributed by atoms with Crippen LogP contribution in [0.5, 0.6) is 5.75 Å². The van der Waals surface area contributed by atoms with E-state index in [1.54, 1.807) is 47.4 Å². The largest absolute Gasteiger partial charge is 0.508 e. The Morgan fingerprint density at radius 1 is 0.828 bits per heavy atom. The van der Waals surface area contributed by atoms with Crippen molar-refractivity contribution in [3.8, 4) is 16.9 Å². The Kier molecular flexibility index (Phi) is 16.8. The maximum Gasteiger partial charge on any atom is 0.246 e. The van der Waals surface area contributed by atoms with E-state index < -0.39 is 47.0 Å². The van der Waals surface area contributed by atoms with E-state index in [1.165, 1.54) is 6.08 Å². The second-order valence-electron chi connectivity index (χ2n) is 16.2. The summed E-state index contributed by atoms with van der Waals surface area (Å²) in [5, 5.41) is 24.4. The molecule has 0 unspecified atom stereocenters. The second-order valence-corrected chi connectivity index (χ2v) is 16.2. The molecule has 336 valence electrons. The number of hydrogen-bond acceptors (Lipinski definition) is 9. The number of phenols is 1. The first-order chi connectivity index (χ1) is 31.0. The van der Waals surface area contributed by atoms with Crippen molar-refractivity contribution in [2.24, 2.45) is 11.1 Å². The molecule has 2 aliphatic rings. The number of aromatic hydroxyl groups is 1. The van der Waals surface area contributed by atoms with Crippen molar-refractivity contribution in [2.45, 2.75) is 57.2 Å². The van der Waals surface area contributed by atoms with Gasteiger partial charge in [-0.15, -0.1) is 0 Å². The molecule has 64 heavy (non-hydrogen) atoms. The minimum atomic E-state index is -1.12. The summed E-state index contributed by atoms with van der Waals surface area (Å²) in [5.74, 6) is -2.65. The average molecular weight is 872 g/mol. The molecule has 6 rings (SSSR count). The Morgan fingerprint density at radius 3 is 2.36 bits per heavy atom. The van der Waals surface area contributed by atoms with Crippen molar-refractivity contribution in [2.75, 3.05) is 45.9 Å². The van der Waals surface area contributed by atoms with E-state index in [0.717, 1.165) is 28.3 Å². The average Bonchev–Trinajstić information content (AvgIpc) is 3.30. The van der Waals surface area contributed by atoms with Gasteiger partial charge in [-0.3, -0.25) is 28.8 Å². The van der Waals surface area contributed by atoms with Gasteiger partial charge in [0, 0.05) is 57.8 Å². The van der Waals surface area contributed by atoms with Gasteiger partial charge in [-0.25, -0.2) is 0 Å². The number of carbonyl (C=O) groups is 6. The zero-order valence-electron chi connectivity index (χ0n) is 35.9. The van der Waals surface area contributed by atoms with Gasteiger partial charge in [0.05, 0.1) is 25.0 Å². The number of nitrogens with zero attached hydrogens (tertiary/aromatic N) is 1. The van der Waals surface area contributed by atoms with Crippen LogP contribution in [-0.2, 0) is 59.3 Å². The van der Waals surface area contributed by atoms with Gasteiger partial charge in [0.1, 0.15) is 17.8 Å². The molecule has 4 aromatic carbocycles. The van der Waals surface area contributed by atoms with Crippen LogP contribution in [-0.4, -0.2) is 103 Å². The van der Waals surface area contributed by atoms with Crippen molar-refractivity contribution in [3.63, 3.8) is 0 Å². The van der Waals surface area contributed by atoms with Gasteiger partial charge < -0.3 is 47.1 Å². The fraction of sp³-hybridized carbons (Fsp3) is 0.347. The van der Waals surface area contributed by atoms with Crippen molar-refractivity contribution in [1.82, 2.24) is 31.5 Å². The highest BCUT2D eigenvalue weighted by molar-refractivity contribution is 5.97. The number of nitrogens with one attached hydrogen (secondary N) is 5. The molecule has 15 nitrogen and oxygen atoms in total. The molecule has 0 saturated carbocycles. The molecule has 1 saturated heterocycles. The van der Waals surface area contributed by atoms with Crippen LogP contribution in [0.4, 0.5) is 0 Å². The molecule has 2 heterocycles. The van der Waals surface area contributed by atoms with Crippen molar-refractivity contribution >= 4 is 35.4 Å². The van der Waals surface area contributed by atoms with E-state index in [-0.39, 0.29) is 63.7 Å². The van der Waals surface area contributed by atoms with Gasteiger partial charge in [0.15, 0.2) is 0 Å². The Labute approximate surface area is 373 Å². The number of phenolic OH excluding ortho intramolecular Hbond substituents is 1. The summed E-state index contributed by atoms with van der Waals surface area (Å²) >= 11 is 0. The van der Waals surface area contributed by atoms with E-state index >= 15 is 0 Å². The monoisotopic (exact) mass is 871 g/mol. The molecule has 1 fully saturated rings. The quantitative estimate of drug-likeness (QED) is 0.110. The molecule has 8 N–H and O–H groups in total. The van der Waals surface area contributed by atoms with E-state index in [1.807, 2.05) is 60.7 Å². The zero-order valence-corrected chi connectivity index (χ0v) is 35.9. The van der Waals surface area contributed by atoms with Crippen LogP contribution in [0, 0.1) is 5.41 Å². The number of piperidine rings is 1. The van der Waals surface area contributed by atoms with E-state index in [0.29, 0.717) is 50.1 Å². The first-order valence-electron chi connectivity index (χ1n) is 21.7. The fourth-order valence-corrected chi connectivity index (χ4v) is 8.09. The Balaban J connectivity index is 1.31. The molecular formula is C49H57N7O8. The summed E-state index contributed by atoms with van der Waals surface area (Å²) in [6.07, 6.45) is 3.60. The molecule has 2 aliphatic heterocycles. The SMILES string of the molecule is NCCOCCNC(=O)[C@@H]1CCNC(=O)/C=C/C(=O)N2CCC[C@](Cc3ccccc3)(C2)C(=O)N[C@@H](Cc2ccc(-c3cccc(O)c3)cc2)C(=O)NCc2ccccc2CC(=O)N1. The van der Waals surface area contributed by atoms with Gasteiger partial charge in [-0.1, -0.05) is 91.0 Å². The van der Waals surface area contributed by atoms with Crippen molar-refractivity contribution in [3.05, 3.63) is 138 Å². The molecule has 15 heteroatoms. The normalized spacial score (nSPS) is 20.8. The first kappa shape index (κ1) is 46.7. The minimum Gasteiger partial charge on any atom is -0.508 e. The maximum absolute atomic E-state index is 14.9. The molecule has 0 spiro atoms. The van der Waals surface area contributed by atoms with Gasteiger partial charge in [-0.2, -0.15) is 0 Å². The Bertz CT molecular complexity index is 2290. The van der Waals surface area contributed by atoms with Crippen LogP contribution in [0.1, 0.15) is 41.5 Å². The van der Waals surface area contributed by atoms with E-state index in [9.17, 15) is 33.9 Å². The van der Waals surface area contributed by atoms with Gasteiger partial charge in [0.2, 0.25) is 35.4 Å². The number of amides is 6. The summed E-state index contributed by atoms with van der Waals surface area (Å²) in [7, 11) is 0. The van der Waals surface area contributed by atoms with Crippen LogP contribution in [0.15, 0.2) is 115 Å². The smallest absolute Gasteiger partial charge is 0.246 e. The number of rotatable bonds is 11. The third-order valence-corrected chi connectivity index (χ3v) is 11.4. The third-order valence-electron chi connectivity index (χ3n) is 11.4. The number of fused-ring (bicyclic) bond motifs is 3. The third kappa shape index (κ3) is 13.3. The number of benzene rings is 4. The molecular weight excluding hydrogens is 815 g/mol. The van der Waals surface area contributed by atoms with Gasteiger partial charge in [0.25, 0.3) is 0 Å². The standard InChI is InChI=1S/C49H57N7O8/c50-22-26-64-27-24-52-46(61)41-20-23-51-43(58)18-19-45(60)56-25-7-21-49(33-56,31-35-8-2-1-3-9-35)48(63)55-42(28-34-14-16-36(17-15-34)37-12-6-13-40(57)29-37)47(62)53-32-39-11-5-4-10-38(39)30-44(59)54-41/h1-6,8-19,29,41-42,57H,7,20-28,30-33,50H2,(H,51,58)(H,52,61)(H,53,62)(H,54,59)(H,55,63)/b19-18+/t41-,42-,49-/m0/s1. The van der Waals surface area contributed by atoms with Crippen LogP contribution < -0.4 is 32.3 Å². The predicted molar refractivity (Wildman–Crippen MR) is 241 cm³/mol. The highest BCUT2D eigenvalue weighted by atomic mass is 16.5. The zero-order chi connectivity index (χ0) is 45.3. The second kappa shape index (κ2) is 23.0. The van der Waals surface area contributed by atoms with Crippen molar-refractivity contribution in [1.29, 1.82) is 0 Å². The van der Waals surface area contributed by atoms with E-state index in [4.69, 9.17) is 10.5 Å². The lowest BCUT2D eigenvalue weighted by atomic mass is 9.74. The predicted octanol–water partition coefficient (Wildman–Crippen LogP) is 2.45. The van der Waals surface area contributed by atoms with Crippen LogP contribution in [0.25, 0.3) is 11.1 Å². The van der Waals surface area contributed by atoms with Crippen molar-refractivity contribution < 1.29 is 38.6 Å². The topological polar surface area (TPSA) is 221 Å². The lowest BCUT2D eigenvalue weighted by molar-refractivity contribution is -0.141. The molecule has 0 aliphatic carbocycles. The maximum atomic E-state index is 14.9. The summed E-state index contributed by atoms with van der Waals surface area (Å²) < 4.78 is 5.36. The van der Waals surface area contributed by atoms with Crippen LogP contribution >= 0.6 is 0 Å². The highest BCUT2D eigenvalue weighted by Crippen LogP contribution is 2.35. The summed E-state index contributed by atoms with van der Waals surface area (Å²) in [6, 6.07) is 29.0.